The largest absolute Gasteiger partial charge is 0.494 e. The number of hydrogen-bond acceptors (Lipinski definition) is 4. The van der Waals surface area contributed by atoms with Crippen LogP contribution in [0.25, 0.3) is 0 Å². The minimum absolute atomic E-state index is 0.326. The van der Waals surface area contributed by atoms with Crippen molar-refractivity contribution in [3.8, 4) is 5.75 Å². The molecule has 17 heavy (non-hydrogen) atoms. The van der Waals surface area contributed by atoms with E-state index in [1.54, 1.807) is 7.11 Å². The van der Waals surface area contributed by atoms with Crippen LogP contribution in [0.4, 0.5) is 11.4 Å². The SMILES string of the molecule is CCOc1cc(N)cc(N2CCC(OC)C2)c1. The summed E-state index contributed by atoms with van der Waals surface area (Å²) in [7, 11) is 1.76. The minimum Gasteiger partial charge on any atom is -0.494 e. The molecule has 1 aromatic carbocycles. The third kappa shape index (κ3) is 2.82. The van der Waals surface area contributed by atoms with Crippen molar-refractivity contribution in [2.24, 2.45) is 0 Å². The molecule has 0 spiro atoms. The average Bonchev–Trinajstić information content (AvgIpc) is 2.77. The van der Waals surface area contributed by atoms with Crippen molar-refractivity contribution in [1.29, 1.82) is 0 Å². The fourth-order valence-electron chi connectivity index (χ4n) is 2.19. The van der Waals surface area contributed by atoms with Gasteiger partial charge in [0.2, 0.25) is 0 Å². The van der Waals surface area contributed by atoms with E-state index in [0.29, 0.717) is 12.7 Å². The summed E-state index contributed by atoms with van der Waals surface area (Å²) in [5.41, 5.74) is 7.75. The molecule has 0 saturated carbocycles. The number of hydrogen-bond donors (Lipinski definition) is 1. The van der Waals surface area contributed by atoms with E-state index in [4.69, 9.17) is 15.2 Å². The number of anilines is 2. The minimum atomic E-state index is 0.326. The molecule has 1 saturated heterocycles. The lowest BCUT2D eigenvalue weighted by molar-refractivity contribution is 0.121. The first-order chi connectivity index (χ1) is 8.22. The number of rotatable bonds is 4. The molecule has 4 heteroatoms. The van der Waals surface area contributed by atoms with Crippen LogP contribution in [0.2, 0.25) is 0 Å². The fraction of sp³-hybridized carbons (Fsp3) is 0.538. The van der Waals surface area contributed by atoms with Crippen LogP contribution < -0.4 is 15.4 Å². The third-order valence-corrected chi connectivity index (χ3v) is 3.07. The van der Waals surface area contributed by atoms with Gasteiger partial charge >= 0.3 is 0 Å². The number of benzene rings is 1. The zero-order chi connectivity index (χ0) is 12.3. The fourth-order valence-corrected chi connectivity index (χ4v) is 2.19. The first-order valence-corrected chi connectivity index (χ1v) is 6.04. The molecule has 1 heterocycles. The molecule has 0 aliphatic carbocycles. The molecule has 0 aromatic heterocycles. The van der Waals surface area contributed by atoms with E-state index in [1.165, 1.54) is 0 Å². The maximum atomic E-state index is 5.89. The lowest BCUT2D eigenvalue weighted by atomic mass is 10.2. The highest BCUT2D eigenvalue weighted by Gasteiger charge is 2.22. The number of nitrogen functional groups attached to an aromatic ring is 1. The van der Waals surface area contributed by atoms with Crippen LogP contribution in [0.15, 0.2) is 18.2 Å². The first-order valence-electron chi connectivity index (χ1n) is 6.04. The molecule has 1 fully saturated rings. The lowest BCUT2D eigenvalue weighted by Gasteiger charge is -2.19. The van der Waals surface area contributed by atoms with Gasteiger partial charge in [0.25, 0.3) is 0 Å². The van der Waals surface area contributed by atoms with Gasteiger partial charge < -0.3 is 20.1 Å². The molecule has 1 aliphatic heterocycles. The Kier molecular flexibility index (Phi) is 3.74. The van der Waals surface area contributed by atoms with Gasteiger partial charge in [0.15, 0.2) is 0 Å². The highest BCUT2D eigenvalue weighted by atomic mass is 16.5. The van der Waals surface area contributed by atoms with E-state index >= 15 is 0 Å². The van der Waals surface area contributed by atoms with Crippen molar-refractivity contribution in [2.75, 3.05) is 37.4 Å². The van der Waals surface area contributed by atoms with Crippen molar-refractivity contribution in [2.45, 2.75) is 19.4 Å². The Hall–Kier alpha value is -1.42. The Labute approximate surface area is 102 Å². The van der Waals surface area contributed by atoms with Crippen LogP contribution in [0, 0.1) is 0 Å². The second-order valence-corrected chi connectivity index (χ2v) is 4.29. The molecule has 2 N–H and O–H groups in total. The maximum absolute atomic E-state index is 5.89. The first kappa shape index (κ1) is 12.0. The Morgan fingerprint density at radius 3 is 2.88 bits per heavy atom. The van der Waals surface area contributed by atoms with Crippen LogP contribution >= 0.6 is 0 Å². The quantitative estimate of drug-likeness (QED) is 0.811. The monoisotopic (exact) mass is 236 g/mol. The smallest absolute Gasteiger partial charge is 0.123 e. The Morgan fingerprint density at radius 2 is 2.24 bits per heavy atom. The zero-order valence-electron chi connectivity index (χ0n) is 10.5. The lowest BCUT2D eigenvalue weighted by Crippen LogP contribution is -2.22. The Balaban J connectivity index is 2.15. The summed E-state index contributed by atoms with van der Waals surface area (Å²) in [6, 6.07) is 5.88. The van der Waals surface area contributed by atoms with Crippen LogP contribution in [0.5, 0.6) is 5.75 Å². The van der Waals surface area contributed by atoms with E-state index in [0.717, 1.165) is 36.6 Å². The van der Waals surface area contributed by atoms with E-state index in [2.05, 4.69) is 4.90 Å². The van der Waals surface area contributed by atoms with Crippen molar-refractivity contribution < 1.29 is 9.47 Å². The summed E-state index contributed by atoms with van der Waals surface area (Å²) in [6.45, 7) is 4.56. The van der Waals surface area contributed by atoms with Gasteiger partial charge in [-0.25, -0.2) is 0 Å². The van der Waals surface area contributed by atoms with Gasteiger partial charge in [-0.1, -0.05) is 0 Å². The van der Waals surface area contributed by atoms with Crippen molar-refractivity contribution >= 4 is 11.4 Å². The van der Waals surface area contributed by atoms with E-state index < -0.39 is 0 Å². The Morgan fingerprint density at radius 1 is 1.41 bits per heavy atom. The molecule has 0 radical (unpaired) electrons. The standard InChI is InChI=1S/C13H20N2O2/c1-3-17-13-7-10(14)6-11(8-13)15-5-4-12(9-15)16-2/h6-8,12H,3-5,9,14H2,1-2H3. The molecule has 4 nitrogen and oxygen atoms in total. The molecule has 1 atom stereocenters. The molecular formula is C13H20N2O2. The van der Waals surface area contributed by atoms with Gasteiger partial charge in [-0.15, -0.1) is 0 Å². The number of nitrogens with zero attached hydrogens (tertiary/aromatic N) is 1. The van der Waals surface area contributed by atoms with Gasteiger partial charge in [0.1, 0.15) is 5.75 Å². The summed E-state index contributed by atoms with van der Waals surface area (Å²) < 4.78 is 10.9. The predicted octanol–water partition coefficient (Wildman–Crippen LogP) is 1.89. The highest BCUT2D eigenvalue weighted by molar-refractivity contribution is 5.61. The van der Waals surface area contributed by atoms with Crippen LogP contribution in [-0.4, -0.2) is 32.9 Å². The molecule has 1 aliphatic rings. The zero-order valence-corrected chi connectivity index (χ0v) is 10.5. The molecule has 0 amide bonds. The van der Waals surface area contributed by atoms with Crippen molar-refractivity contribution in [3.63, 3.8) is 0 Å². The summed E-state index contributed by atoms with van der Waals surface area (Å²) >= 11 is 0. The normalized spacial score (nSPS) is 19.6. The van der Waals surface area contributed by atoms with Crippen molar-refractivity contribution in [1.82, 2.24) is 0 Å². The second kappa shape index (κ2) is 5.27. The van der Waals surface area contributed by atoms with Crippen LogP contribution in [0.1, 0.15) is 13.3 Å². The number of ether oxygens (including phenoxy) is 2. The summed E-state index contributed by atoms with van der Waals surface area (Å²) in [5, 5.41) is 0. The maximum Gasteiger partial charge on any atom is 0.123 e. The van der Waals surface area contributed by atoms with E-state index in [-0.39, 0.29) is 0 Å². The molecule has 1 aromatic rings. The van der Waals surface area contributed by atoms with Gasteiger partial charge in [-0.05, 0) is 19.4 Å². The molecule has 94 valence electrons. The number of methoxy groups -OCH3 is 1. The molecule has 2 rings (SSSR count). The van der Waals surface area contributed by atoms with Gasteiger partial charge in [-0.3, -0.25) is 0 Å². The highest BCUT2D eigenvalue weighted by Crippen LogP contribution is 2.28. The Bertz CT molecular complexity index is 382. The van der Waals surface area contributed by atoms with Crippen molar-refractivity contribution in [3.05, 3.63) is 18.2 Å². The summed E-state index contributed by atoms with van der Waals surface area (Å²) in [5.74, 6) is 0.836. The molecule has 1 unspecified atom stereocenters. The molecule has 0 bridgehead atoms. The molecular weight excluding hydrogens is 216 g/mol. The van der Waals surface area contributed by atoms with E-state index in [9.17, 15) is 0 Å². The third-order valence-electron chi connectivity index (χ3n) is 3.07. The topological polar surface area (TPSA) is 47.7 Å². The van der Waals surface area contributed by atoms with Gasteiger partial charge in [0.05, 0.1) is 12.7 Å². The average molecular weight is 236 g/mol. The van der Waals surface area contributed by atoms with Crippen LogP contribution in [-0.2, 0) is 4.74 Å². The second-order valence-electron chi connectivity index (χ2n) is 4.29. The number of nitrogens with two attached hydrogens (primary N) is 1. The van der Waals surface area contributed by atoms with Gasteiger partial charge in [-0.2, -0.15) is 0 Å². The predicted molar refractivity (Wildman–Crippen MR) is 69.7 cm³/mol. The van der Waals surface area contributed by atoms with E-state index in [1.807, 2.05) is 25.1 Å². The summed E-state index contributed by atoms with van der Waals surface area (Å²) in [6.07, 6.45) is 1.39. The van der Waals surface area contributed by atoms with Gasteiger partial charge in [0, 0.05) is 43.7 Å². The van der Waals surface area contributed by atoms with Crippen LogP contribution in [0.3, 0.4) is 0 Å². The summed E-state index contributed by atoms with van der Waals surface area (Å²) in [4.78, 5) is 2.28.